The molecule has 144 valence electrons. The normalized spacial score (nSPS) is 10.5. The van der Waals surface area contributed by atoms with Crippen LogP contribution in [0.4, 0.5) is 5.13 Å². The van der Waals surface area contributed by atoms with E-state index in [1.165, 1.54) is 17.4 Å². The third kappa shape index (κ3) is 5.20. The van der Waals surface area contributed by atoms with Crippen molar-refractivity contribution in [2.24, 2.45) is 0 Å². The van der Waals surface area contributed by atoms with Crippen LogP contribution in [0.1, 0.15) is 25.7 Å². The van der Waals surface area contributed by atoms with Gasteiger partial charge in [-0.15, -0.1) is 10.2 Å². The second-order valence-electron chi connectivity index (χ2n) is 5.57. The topological polar surface area (TPSA) is 84.0 Å². The summed E-state index contributed by atoms with van der Waals surface area (Å²) in [5.74, 6) is -0.628. The Balaban J connectivity index is 1.53. The van der Waals surface area contributed by atoms with Crippen molar-refractivity contribution in [3.63, 3.8) is 0 Å². The molecule has 6 nitrogen and oxygen atoms in total. The lowest BCUT2D eigenvalue weighted by atomic mass is 10.2. The van der Waals surface area contributed by atoms with Crippen LogP contribution in [0.5, 0.6) is 0 Å². The summed E-state index contributed by atoms with van der Waals surface area (Å²) < 4.78 is 0. The molecule has 0 aliphatic rings. The van der Waals surface area contributed by atoms with E-state index in [1.807, 2.05) is 0 Å². The van der Waals surface area contributed by atoms with E-state index < -0.39 is 0 Å². The molecule has 3 aromatic rings. The van der Waals surface area contributed by atoms with Crippen LogP contribution in [-0.2, 0) is 6.42 Å². The molecule has 3 rings (SSSR count). The van der Waals surface area contributed by atoms with Crippen molar-refractivity contribution in [2.45, 2.75) is 6.42 Å². The molecule has 0 saturated carbocycles. The molecule has 0 aliphatic carbocycles. The first kappa shape index (κ1) is 20.5. The van der Waals surface area contributed by atoms with E-state index >= 15 is 0 Å². The largest absolute Gasteiger partial charge is 0.352 e. The quantitative estimate of drug-likeness (QED) is 0.563. The lowest BCUT2D eigenvalue weighted by Crippen LogP contribution is -2.25. The van der Waals surface area contributed by atoms with E-state index in [1.54, 1.807) is 36.4 Å². The molecule has 2 amide bonds. The molecule has 2 N–H and O–H groups in total. The Labute approximate surface area is 179 Å². The molecule has 0 atom stereocenters. The van der Waals surface area contributed by atoms with Crippen LogP contribution in [0.25, 0.3) is 0 Å². The number of halogens is 3. The van der Waals surface area contributed by atoms with Crippen molar-refractivity contribution >= 4 is 63.1 Å². The van der Waals surface area contributed by atoms with Crippen LogP contribution < -0.4 is 10.6 Å². The van der Waals surface area contributed by atoms with Gasteiger partial charge < -0.3 is 5.32 Å². The summed E-state index contributed by atoms with van der Waals surface area (Å²) >= 11 is 19.0. The van der Waals surface area contributed by atoms with Crippen LogP contribution in [0, 0.1) is 0 Å². The van der Waals surface area contributed by atoms with Crippen LogP contribution in [0.3, 0.4) is 0 Å². The van der Waals surface area contributed by atoms with E-state index in [2.05, 4.69) is 20.8 Å². The van der Waals surface area contributed by atoms with Gasteiger partial charge in [0.15, 0.2) is 0 Å². The minimum Gasteiger partial charge on any atom is -0.352 e. The van der Waals surface area contributed by atoms with Crippen LogP contribution >= 0.6 is 46.1 Å². The average Bonchev–Trinajstić information content (AvgIpc) is 3.11. The first-order valence-corrected chi connectivity index (χ1v) is 10.0. The fourth-order valence-corrected chi connectivity index (χ4v) is 3.49. The maximum absolute atomic E-state index is 12.2. The number of carbonyl (C=O) groups excluding carboxylic acids is 2. The third-order valence-corrected chi connectivity index (χ3v) is 5.58. The second kappa shape index (κ2) is 9.34. The minimum atomic E-state index is -0.367. The van der Waals surface area contributed by atoms with Crippen molar-refractivity contribution in [3.05, 3.63) is 73.7 Å². The number of hydrogen-bond acceptors (Lipinski definition) is 5. The van der Waals surface area contributed by atoms with Gasteiger partial charge in [-0.25, -0.2) is 0 Å². The van der Waals surface area contributed by atoms with Crippen molar-refractivity contribution in [1.29, 1.82) is 0 Å². The Kier molecular flexibility index (Phi) is 6.85. The van der Waals surface area contributed by atoms with E-state index in [4.69, 9.17) is 34.8 Å². The number of amides is 2. The van der Waals surface area contributed by atoms with Gasteiger partial charge in [0, 0.05) is 18.5 Å². The van der Waals surface area contributed by atoms with Gasteiger partial charge >= 0.3 is 0 Å². The molecular formula is C18H13Cl3N4O2S. The van der Waals surface area contributed by atoms with Crippen molar-refractivity contribution in [1.82, 2.24) is 15.5 Å². The monoisotopic (exact) mass is 454 g/mol. The smallest absolute Gasteiger partial charge is 0.257 e. The van der Waals surface area contributed by atoms with E-state index in [9.17, 15) is 9.59 Å². The van der Waals surface area contributed by atoms with Gasteiger partial charge in [0.2, 0.25) is 5.13 Å². The zero-order valence-electron chi connectivity index (χ0n) is 14.2. The maximum Gasteiger partial charge on any atom is 0.257 e. The number of rotatable bonds is 6. The lowest BCUT2D eigenvalue weighted by Gasteiger charge is -2.05. The Morgan fingerprint density at radius 3 is 2.46 bits per heavy atom. The average molecular weight is 456 g/mol. The maximum atomic E-state index is 12.2. The highest BCUT2D eigenvalue weighted by Gasteiger charge is 2.13. The van der Waals surface area contributed by atoms with Crippen molar-refractivity contribution in [3.8, 4) is 0 Å². The van der Waals surface area contributed by atoms with Crippen LogP contribution in [0.2, 0.25) is 15.1 Å². The van der Waals surface area contributed by atoms with E-state index in [0.29, 0.717) is 49.3 Å². The number of nitrogens with zero attached hydrogens (tertiary/aromatic N) is 2. The van der Waals surface area contributed by atoms with Gasteiger partial charge in [-0.05, 0) is 30.3 Å². The number of anilines is 1. The molecule has 0 spiro atoms. The minimum absolute atomic E-state index is 0.261. The summed E-state index contributed by atoms with van der Waals surface area (Å²) in [6, 6.07) is 11.4. The van der Waals surface area contributed by atoms with Gasteiger partial charge in [-0.2, -0.15) is 0 Å². The van der Waals surface area contributed by atoms with Crippen molar-refractivity contribution < 1.29 is 9.59 Å². The highest BCUT2D eigenvalue weighted by molar-refractivity contribution is 7.15. The number of benzene rings is 2. The molecule has 1 aromatic heterocycles. The molecular weight excluding hydrogens is 443 g/mol. The fraction of sp³-hybridized carbons (Fsp3) is 0.111. The van der Waals surface area contributed by atoms with E-state index in [0.717, 1.165) is 0 Å². The number of hydrogen-bond donors (Lipinski definition) is 2. The molecule has 1 heterocycles. The molecule has 0 unspecified atom stereocenters. The van der Waals surface area contributed by atoms with Gasteiger partial charge in [0.05, 0.1) is 20.6 Å². The fourth-order valence-electron chi connectivity index (χ4n) is 2.24. The summed E-state index contributed by atoms with van der Waals surface area (Å²) in [5, 5.41) is 15.5. The molecule has 0 bridgehead atoms. The number of nitrogens with one attached hydrogen (secondary N) is 2. The summed E-state index contributed by atoms with van der Waals surface area (Å²) in [6.45, 7) is 0.361. The third-order valence-electron chi connectivity index (χ3n) is 3.61. The Bertz CT molecular complexity index is 1030. The predicted molar refractivity (Wildman–Crippen MR) is 112 cm³/mol. The molecule has 0 saturated heterocycles. The van der Waals surface area contributed by atoms with Gasteiger partial charge in [-0.3, -0.25) is 14.9 Å². The molecule has 0 fully saturated rings. The first-order valence-electron chi connectivity index (χ1n) is 8.05. The van der Waals surface area contributed by atoms with Crippen molar-refractivity contribution in [2.75, 3.05) is 11.9 Å². The Morgan fingerprint density at radius 1 is 0.929 bits per heavy atom. The molecule has 28 heavy (non-hydrogen) atoms. The summed E-state index contributed by atoms with van der Waals surface area (Å²) in [6.07, 6.45) is 0.469. The zero-order valence-corrected chi connectivity index (χ0v) is 17.3. The Morgan fingerprint density at radius 2 is 1.71 bits per heavy atom. The molecule has 0 aliphatic heterocycles. The van der Waals surface area contributed by atoms with Gasteiger partial charge in [-0.1, -0.05) is 58.3 Å². The molecule has 10 heteroatoms. The summed E-state index contributed by atoms with van der Waals surface area (Å²) in [5.41, 5.74) is 0.772. The highest BCUT2D eigenvalue weighted by Crippen LogP contribution is 2.23. The SMILES string of the molecule is O=C(Nc1nnc(CCNC(=O)c2ccccc2Cl)s1)c1ccc(Cl)c(Cl)c1. The predicted octanol–water partition coefficient (Wildman–Crippen LogP) is 4.72. The molecule has 2 aromatic carbocycles. The lowest BCUT2D eigenvalue weighted by molar-refractivity contribution is 0.0953. The number of aromatic nitrogens is 2. The Hall–Kier alpha value is -2.19. The summed E-state index contributed by atoms with van der Waals surface area (Å²) in [4.78, 5) is 24.3. The van der Waals surface area contributed by atoms with Gasteiger partial charge in [0.1, 0.15) is 5.01 Å². The summed E-state index contributed by atoms with van der Waals surface area (Å²) in [7, 11) is 0. The number of carbonyl (C=O) groups is 2. The second-order valence-corrected chi connectivity index (χ2v) is 7.85. The highest BCUT2D eigenvalue weighted by atomic mass is 35.5. The van der Waals surface area contributed by atoms with Crippen LogP contribution in [-0.4, -0.2) is 28.6 Å². The van der Waals surface area contributed by atoms with E-state index in [-0.39, 0.29) is 11.8 Å². The zero-order chi connectivity index (χ0) is 20.1. The standard InChI is InChI=1S/C18H13Cl3N4O2S/c19-12-4-2-1-3-11(12)17(27)22-8-7-15-24-25-18(28-15)23-16(26)10-5-6-13(20)14(21)9-10/h1-6,9H,7-8H2,(H,22,27)(H,23,25,26). The first-order chi connectivity index (χ1) is 13.4. The van der Waals surface area contributed by atoms with Crippen LogP contribution in [0.15, 0.2) is 42.5 Å². The molecule has 0 radical (unpaired) electrons. The van der Waals surface area contributed by atoms with Gasteiger partial charge in [0.25, 0.3) is 11.8 Å².